The van der Waals surface area contributed by atoms with Crippen molar-refractivity contribution in [2.24, 2.45) is 5.10 Å². The van der Waals surface area contributed by atoms with Crippen LogP contribution in [0.1, 0.15) is 21.5 Å². The Labute approximate surface area is 230 Å². The first kappa shape index (κ1) is 25.2. The average Bonchev–Trinajstić information content (AvgIpc) is 2.88. The van der Waals surface area contributed by atoms with Crippen LogP contribution in [0, 0.1) is 7.14 Å². The molecule has 35 heavy (non-hydrogen) atoms. The predicted octanol–water partition coefficient (Wildman–Crippen LogP) is 6.41. The number of benzene rings is 4. The molecule has 0 heterocycles. The quantitative estimate of drug-likeness (QED) is 0.132. The molecule has 0 bridgehead atoms. The fraction of sp³-hybridized carbons (Fsp3) is 0.111. The van der Waals surface area contributed by atoms with Crippen molar-refractivity contribution >= 4 is 68.1 Å². The van der Waals surface area contributed by atoms with E-state index in [1.165, 1.54) is 5.39 Å². The monoisotopic (exact) mass is 692 g/mol. The molecule has 0 aliphatic carbocycles. The molecule has 0 unspecified atom stereocenters. The SMILES string of the molecule is COc1cc(C(=O)N/N=C\c2cc(I)c(OCc3cccc4ccccc34)c(OC)c2)ccc1I. The molecular formula is C27H22I2N2O4. The van der Waals surface area contributed by atoms with Crippen molar-refractivity contribution in [1.29, 1.82) is 0 Å². The molecular weight excluding hydrogens is 670 g/mol. The van der Waals surface area contributed by atoms with Crippen LogP contribution in [0.4, 0.5) is 0 Å². The zero-order valence-corrected chi connectivity index (χ0v) is 23.4. The molecule has 178 valence electrons. The van der Waals surface area contributed by atoms with E-state index in [1.807, 2.05) is 36.4 Å². The Bertz CT molecular complexity index is 1400. The van der Waals surface area contributed by atoms with Gasteiger partial charge in [0.2, 0.25) is 0 Å². The van der Waals surface area contributed by atoms with Gasteiger partial charge < -0.3 is 14.2 Å². The molecule has 0 saturated heterocycles. The minimum atomic E-state index is -0.326. The number of halogens is 2. The Balaban J connectivity index is 1.47. The van der Waals surface area contributed by atoms with Crippen molar-refractivity contribution in [1.82, 2.24) is 5.43 Å². The number of nitrogens with one attached hydrogen (secondary N) is 1. The van der Waals surface area contributed by atoms with E-state index in [1.54, 1.807) is 32.6 Å². The lowest BCUT2D eigenvalue weighted by molar-refractivity contribution is 0.0954. The highest BCUT2D eigenvalue weighted by atomic mass is 127. The third kappa shape index (κ3) is 6.04. The maximum absolute atomic E-state index is 12.4. The number of fused-ring (bicyclic) bond motifs is 1. The largest absolute Gasteiger partial charge is 0.496 e. The number of hydrogen-bond donors (Lipinski definition) is 1. The summed E-state index contributed by atoms with van der Waals surface area (Å²) >= 11 is 4.36. The highest BCUT2D eigenvalue weighted by Crippen LogP contribution is 2.34. The summed E-state index contributed by atoms with van der Waals surface area (Å²) in [5, 5.41) is 6.44. The summed E-state index contributed by atoms with van der Waals surface area (Å²) < 4.78 is 18.8. The Hall–Kier alpha value is -2.86. The third-order valence-corrected chi connectivity index (χ3v) is 6.99. The van der Waals surface area contributed by atoms with Crippen LogP contribution in [0.5, 0.6) is 17.2 Å². The Morgan fingerprint density at radius 1 is 0.914 bits per heavy atom. The molecule has 1 amide bonds. The van der Waals surface area contributed by atoms with E-state index < -0.39 is 0 Å². The number of rotatable bonds is 8. The smallest absolute Gasteiger partial charge is 0.271 e. The van der Waals surface area contributed by atoms with Crippen molar-refractivity contribution in [3.63, 3.8) is 0 Å². The highest BCUT2D eigenvalue weighted by Gasteiger charge is 2.13. The van der Waals surface area contributed by atoms with Crippen LogP contribution >= 0.6 is 45.2 Å². The first-order valence-electron chi connectivity index (χ1n) is 10.6. The van der Waals surface area contributed by atoms with Crippen molar-refractivity contribution in [2.75, 3.05) is 14.2 Å². The molecule has 0 radical (unpaired) electrons. The second kappa shape index (κ2) is 11.7. The van der Waals surface area contributed by atoms with E-state index >= 15 is 0 Å². The summed E-state index contributed by atoms with van der Waals surface area (Å²) in [7, 11) is 3.17. The van der Waals surface area contributed by atoms with Gasteiger partial charge in [-0.15, -0.1) is 0 Å². The maximum Gasteiger partial charge on any atom is 0.271 e. The second-order valence-electron chi connectivity index (χ2n) is 7.51. The number of carbonyl (C=O) groups excluding carboxylic acids is 1. The minimum Gasteiger partial charge on any atom is -0.496 e. The molecule has 0 atom stereocenters. The number of methoxy groups -OCH3 is 2. The van der Waals surface area contributed by atoms with Gasteiger partial charge in [0.1, 0.15) is 12.4 Å². The van der Waals surface area contributed by atoms with Gasteiger partial charge in [-0.05, 0) is 97.4 Å². The zero-order chi connectivity index (χ0) is 24.8. The van der Waals surface area contributed by atoms with E-state index in [9.17, 15) is 4.79 Å². The normalized spacial score (nSPS) is 11.0. The number of ether oxygens (including phenoxy) is 3. The average molecular weight is 692 g/mol. The number of carbonyl (C=O) groups is 1. The Kier molecular flexibility index (Phi) is 8.45. The summed E-state index contributed by atoms with van der Waals surface area (Å²) in [5.74, 6) is 1.56. The zero-order valence-electron chi connectivity index (χ0n) is 19.0. The first-order chi connectivity index (χ1) is 17.0. The van der Waals surface area contributed by atoms with Crippen LogP contribution in [0.25, 0.3) is 10.8 Å². The summed E-state index contributed by atoms with van der Waals surface area (Å²) in [4.78, 5) is 12.4. The Morgan fingerprint density at radius 2 is 1.69 bits per heavy atom. The van der Waals surface area contributed by atoms with Gasteiger partial charge in [0.15, 0.2) is 11.5 Å². The number of nitrogens with zero attached hydrogens (tertiary/aromatic N) is 1. The lowest BCUT2D eigenvalue weighted by Crippen LogP contribution is -2.17. The van der Waals surface area contributed by atoms with Gasteiger partial charge in [-0.1, -0.05) is 42.5 Å². The van der Waals surface area contributed by atoms with E-state index in [2.05, 4.69) is 80.0 Å². The van der Waals surface area contributed by atoms with Crippen LogP contribution < -0.4 is 19.6 Å². The van der Waals surface area contributed by atoms with E-state index in [4.69, 9.17) is 14.2 Å². The lowest BCUT2D eigenvalue weighted by Gasteiger charge is -2.14. The topological polar surface area (TPSA) is 69.2 Å². The number of hydrazone groups is 1. The maximum atomic E-state index is 12.4. The van der Waals surface area contributed by atoms with Crippen LogP contribution in [-0.4, -0.2) is 26.3 Å². The molecule has 0 aliphatic rings. The summed E-state index contributed by atoms with van der Waals surface area (Å²) in [6, 6.07) is 23.4. The van der Waals surface area contributed by atoms with Crippen LogP contribution in [-0.2, 0) is 6.61 Å². The summed E-state index contributed by atoms with van der Waals surface area (Å²) in [5.41, 5.74) is 4.88. The first-order valence-corrected chi connectivity index (χ1v) is 12.8. The van der Waals surface area contributed by atoms with Crippen LogP contribution in [0.15, 0.2) is 77.9 Å². The molecule has 8 heteroatoms. The summed E-state index contributed by atoms with van der Waals surface area (Å²) in [6.07, 6.45) is 1.57. The van der Waals surface area contributed by atoms with E-state index in [0.717, 1.165) is 23.7 Å². The van der Waals surface area contributed by atoms with Gasteiger partial charge in [-0.3, -0.25) is 4.79 Å². The second-order valence-corrected chi connectivity index (χ2v) is 9.83. The van der Waals surface area contributed by atoms with Gasteiger partial charge in [0, 0.05) is 5.56 Å². The molecule has 0 aliphatic heterocycles. The van der Waals surface area contributed by atoms with E-state index in [-0.39, 0.29) is 5.91 Å². The molecule has 6 nitrogen and oxygen atoms in total. The van der Waals surface area contributed by atoms with E-state index in [0.29, 0.717) is 29.4 Å². The summed E-state index contributed by atoms with van der Waals surface area (Å²) in [6.45, 7) is 0.413. The number of amides is 1. The van der Waals surface area contributed by atoms with Gasteiger partial charge in [0.05, 0.1) is 27.6 Å². The van der Waals surface area contributed by atoms with Gasteiger partial charge in [-0.25, -0.2) is 5.43 Å². The predicted molar refractivity (Wildman–Crippen MR) is 155 cm³/mol. The van der Waals surface area contributed by atoms with Crippen LogP contribution in [0.3, 0.4) is 0 Å². The lowest BCUT2D eigenvalue weighted by atomic mass is 10.1. The molecule has 1 N–H and O–H groups in total. The molecule has 0 fully saturated rings. The van der Waals surface area contributed by atoms with Crippen molar-refractivity contribution in [3.8, 4) is 17.2 Å². The standard InChI is InChI=1S/C27H22I2N2O4/c1-33-24-14-19(10-11-22(24)28)27(32)31-30-15-17-12-23(29)26(25(13-17)34-2)35-16-20-8-5-7-18-6-3-4-9-21(18)20/h3-15H,16H2,1-2H3,(H,31,32)/b30-15-. The van der Waals surface area contributed by atoms with Crippen molar-refractivity contribution < 1.29 is 19.0 Å². The van der Waals surface area contributed by atoms with Gasteiger partial charge in [0.25, 0.3) is 5.91 Å². The molecule has 0 saturated carbocycles. The minimum absolute atomic E-state index is 0.326. The van der Waals surface area contributed by atoms with Gasteiger partial charge >= 0.3 is 0 Å². The number of hydrogen-bond acceptors (Lipinski definition) is 5. The third-order valence-electron chi connectivity index (χ3n) is 5.30. The molecule has 4 rings (SSSR count). The van der Waals surface area contributed by atoms with Crippen molar-refractivity contribution in [3.05, 3.63) is 96.6 Å². The van der Waals surface area contributed by atoms with Crippen molar-refractivity contribution in [2.45, 2.75) is 6.61 Å². The fourth-order valence-electron chi connectivity index (χ4n) is 3.55. The molecule has 4 aromatic carbocycles. The molecule has 0 aromatic heterocycles. The Morgan fingerprint density at radius 3 is 2.49 bits per heavy atom. The molecule has 4 aromatic rings. The van der Waals surface area contributed by atoms with Crippen LogP contribution in [0.2, 0.25) is 0 Å². The fourth-order valence-corrected chi connectivity index (χ4v) is 4.89. The molecule has 0 spiro atoms. The highest BCUT2D eigenvalue weighted by molar-refractivity contribution is 14.1. The van der Waals surface area contributed by atoms with Gasteiger partial charge in [-0.2, -0.15) is 5.10 Å².